The smallest absolute Gasteiger partial charge is 0.410 e. The molecule has 21 heavy (non-hydrogen) atoms. The van der Waals surface area contributed by atoms with Gasteiger partial charge in [0.2, 0.25) is 5.91 Å². The van der Waals surface area contributed by atoms with Gasteiger partial charge in [0.25, 0.3) is 0 Å². The molecule has 0 atom stereocenters. The van der Waals surface area contributed by atoms with Crippen LogP contribution in [-0.4, -0.2) is 66.7 Å². The largest absolute Gasteiger partial charge is 0.444 e. The first-order valence-corrected chi connectivity index (χ1v) is 7.74. The predicted molar refractivity (Wildman–Crippen MR) is 82.1 cm³/mol. The lowest BCUT2D eigenvalue weighted by Crippen LogP contribution is -2.57. The third-order valence-corrected chi connectivity index (χ3v) is 3.53. The molecule has 1 aliphatic heterocycles. The normalized spacial score (nSPS) is 15.8. The Morgan fingerprint density at radius 1 is 1.24 bits per heavy atom. The van der Waals surface area contributed by atoms with E-state index in [9.17, 15) is 9.59 Å². The number of amides is 2. The highest BCUT2D eigenvalue weighted by Gasteiger charge is 2.37. The molecule has 0 aromatic carbocycles. The second-order valence-corrected chi connectivity index (χ2v) is 6.40. The van der Waals surface area contributed by atoms with Crippen molar-refractivity contribution in [3.63, 3.8) is 0 Å². The molecule has 0 saturated carbocycles. The molecule has 0 unspecified atom stereocenters. The molecule has 1 N–H and O–H groups in total. The van der Waals surface area contributed by atoms with E-state index in [1.54, 1.807) is 4.90 Å². The summed E-state index contributed by atoms with van der Waals surface area (Å²) in [6.07, 6.45) is -0.338. The van der Waals surface area contributed by atoms with Crippen LogP contribution in [0, 0.1) is 5.92 Å². The highest BCUT2D eigenvalue weighted by molar-refractivity contribution is 5.82. The zero-order valence-corrected chi connectivity index (χ0v) is 13.9. The summed E-state index contributed by atoms with van der Waals surface area (Å²) in [6.45, 7) is 14.1. The summed E-state index contributed by atoms with van der Waals surface area (Å²) in [4.78, 5) is 27.5. The molecule has 1 fully saturated rings. The van der Waals surface area contributed by atoms with Crippen molar-refractivity contribution in [1.29, 1.82) is 0 Å². The number of likely N-dealkylation sites (tertiary alicyclic amines) is 1. The Balaban J connectivity index is 2.21. The fourth-order valence-corrected chi connectivity index (χ4v) is 2.14. The topological polar surface area (TPSA) is 61.9 Å². The average Bonchev–Trinajstić information content (AvgIpc) is 2.30. The van der Waals surface area contributed by atoms with E-state index < -0.39 is 5.60 Å². The predicted octanol–water partition coefficient (Wildman–Crippen LogP) is 1.31. The van der Waals surface area contributed by atoms with Crippen molar-refractivity contribution in [2.45, 2.75) is 40.2 Å². The molecule has 0 aromatic rings. The summed E-state index contributed by atoms with van der Waals surface area (Å²) >= 11 is 0. The number of carbonyl (C=O) groups excluding carboxylic acids is 2. The molecule has 1 aliphatic rings. The summed E-state index contributed by atoms with van der Waals surface area (Å²) < 4.78 is 5.26. The van der Waals surface area contributed by atoms with E-state index in [1.165, 1.54) is 0 Å². The van der Waals surface area contributed by atoms with Crippen molar-refractivity contribution >= 4 is 12.0 Å². The quantitative estimate of drug-likeness (QED) is 0.803. The third kappa shape index (κ3) is 5.91. The van der Waals surface area contributed by atoms with Crippen LogP contribution < -0.4 is 5.32 Å². The van der Waals surface area contributed by atoms with E-state index in [-0.39, 0.29) is 17.9 Å². The Bertz CT molecular complexity index is 356. The second kappa shape index (κ2) is 7.64. The number of nitrogens with zero attached hydrogens (tertiary/aromatic N) is 2. The van der Waals surface area contributed by atoms with Gasteiger partial charge in [0.05, 0.1) is 5.92 Å². The van der Waals surface area contributed by atoms with E-state index >= 15 is 0 Å². The Hall–Kier alpha value is -1.30. The lowest BCUT2D eigenvalue weighted by Gasteiger charge is -2.38. The maximum absolute atomic E-state index is 11.9. The summed E-state index contributed by atoms with van der Waals surface area (Å²) in [5, 5.41) is 2.93. The molecular formula is C15H29N3O3. The van der Waals surface area contributed by atoms with Crippen LogP contribution in [0.1, 0.15) is 34.6 Å². The van der Waals surface area contributed by atoms with Gasteiger partial charge in [-0.1, -0.05) is 13.8 Å². The van der Waals surface area contributed by atoms with Crippen molar-refractivity contribution < 1.29 is 14.3 Å². The fraction of sp³-hybridized carbons (Fsp3) is 0.867. The molecule has 1 rings (SSSR count). The van der Waals surface area contributed by atoms with Crippen LogP contribution in [0.5, 0.6) is 0 Å². The maximum atomic E-state index is 11.9. The van der Waals surface area contributed by atoms with Crippen molar-refractivity contribution in [1.82, 2.24) is 15.1 Å². The Morgan fingerprint density at radius 2 is 1.81 bits per heavy atom. The van der Waals surface area contributed by atoms with Crippen LogP contribution in [0.4, 0.5) is 4.79 Å². The van der Waals surface area contributed by atoms with E-state index in [4.69, 9.17) is 4.74 Å². The van der Waals surface area contributed by atoms with Crippen LogP contribution in [0.25, 0.3) is 0 Å². The Labute approximate surface area is 127 Å². The van der Waals surface area contributed by atoms with Gasteiger partial charge in [-0.05, 0) is 33.9 Å². The molecule has 1 saturated heterocycles. The van der Waals surface area contributed by atoms with Crippen molar-refractivity contribution in [2.24, 2.45) is 5.92 Å². The number of rotatable bonds is 6. The Morgan fingerprint density at radius 3 is 2.29 bits per heavy atom. The van der Waals surface area contributed by atoms with Crippen molar-refractivity contribution in [2.75, 3.05) is 39.3 Å². The first-order valence-electron chi connectivity index (χ1n) is 7.74. The first kappa shape index (κ1) is 17.8. The standard InChI is InChI=1S/C15H29N3O3/c1-6-17(7-2)9-8-16-13(19)12-10-18(11-12)14(20)21-15(3,4)5/h12H,6-11H2,1-5H3,(H,16,19). The van der Waals surface area contributed by atoms with Gasteiger partial charge in [0.1, 0.15) is 5.60 Å². The van der Waals surface area contributed by atoms with E-state index in [0.29, 0.717) is 19.6 Å². The number of hydrogen-bond donors (Lipinski definition) is 1. The highest BCUT2D eigenvalue weighted by atomic mass is 16.6. The van der Waals surface area contributed by atoms with Crippen molar-refractivity contribution in [3.05, 3.63) is 0 Å². The minimum absolute atomic E-state index is 0.0296. The Kier molecular flexibility index (Phi) is 6.45. The minimum Gasteiger partial charge on any atom is -0.444 e. The van der Waals surface area contributed by atoms with Crippen molar-refractivity contribution in [3.8, 4) is 0 Å². The molecule has 2 amide bonds. The summed E-state index contributed by atoms with van der Waals surface area (Å²) in [5.74, 6) is -0.0730. The molecule has 122 valence electrons. The van der Waals surface area contributed by atoms with Crippen LogP contribution in [0.15, 0.2) is 0 Å². The number of hydrogen-bond acceptors (Lipinski definition) is 4. The lowest BCUT2D eigenvalue weighted by atomic mass is 10.00. The SMILES string of the molecule is CCN(CC)CCNC(=O)C1CN(C(=O)OC(C)(C)C)C1. The minimum atomic E-state index is -0.492. The molecule has 0 aromatic heterocycles. The lowest BCUT2D eigenvalue weighted by molar-refractivity contribution is -0.129. The monoisotopic (exact) mass is 299 g/mol. The molecular weight excluding hydrogens is 270 g/mol. The highest BCUT2D eigenvalue weighted by Crippen LogP contribution is 2.19. The van der Waals surface area contributed by atoms with Gasteiger partial charge >= 0.3 is 6.09 Å². The molecule has 1 heterocycles. The van der Waals surface area contributed by atoms with Crippen LogP contribution in [0.2, 0.25) is 0 Å². The number of carbonyl (C=O) groups is 2. The van der Waals surface area contributed by atoms with E-state index in [0.717, 1.165) is 19.6 Å². The zero-order valence-electron chi connectivity index (χ0n) is 13.9. The summed E-state index contributed by atoms with van der Waals surface area (Å²) in [5.41, 5.74) is -0.492. The van der Waals surface area contributed by atoms with Gasteiger partial charge in [-0.2, -0.15) is 0 Å². The van der Waals surface area contributed by atoms with Gasteiger partial charge < -0.3 is 19.9 Å². The van der Waals surface area contributed by atoms with Gasteiger partial charge in [-0.3, -0.25) is 4.79 Å². The molecule has 0 spiro atoms. The van der Waals surface area contributed by atoms with Crippen LogP contribution >= 0.6 is 0 Å². The molecule has 0 radical (unpaired) electrons. The molecule has 6 heteroatoms. The first-order chi connectivity index (χ1) is 9.76. The van der Waals surface area contributed by atoms with Gasteiger partial charge in [0.15, 0.2) is 0 Å². The van der Waals surface area contributed by atoms with Gasteiger partial charge in [0, 0.05) is 26.2 Å². The van der Waals surface area contributed by atoms with E-state index in [2.05, 4.69) is 24.1 Å². The van der Waals surface area contributed by atoms with Gasteiger partial charge in [-0.15, -0.1) is 0 Å². The number of ether oxygens (including phenoxy) is 1. The fourth-order valence-electron chi connectivity index (χ4n) is 2.14. The number of likely N-dealkylation sites (N-methyl/N-ethyl adjacent to an activating group) is 1. The van der Waals surface area contributed by atoms with E-state index in [1.807, 2.05) is 20.8 Å². The third-order valence-electron chi connectivity index (χ3n) is 3.53. The molecule has 0 aliphatic carbocycles. The summed E-state index contributed by atoms with van der Waals surface area (Å²) in [7, 11) is 0. The van der Waals surface area contributed by atoms with Crippen LogP contribution in [0.3, 0.4) is 0 Å². The van der Waals surface area contributed by atoms with Gasteiger partial charge in [-0.25, -0.2) is 4.79 Å². The molecule has 6 nitrogen and oxygen atoms in total. The second-order valence-electron chi connectivity index (χ2n) is 6.40. The van der Waals surface area contributed by atoms with Crippen LogP contribution in [-0.2, 0) is 9.53 Å². The molecule has 0 bridgehead atoms. The number of nitrogens with one attached hydrogen (secondary N) is 1. The average molecular weight is 299 g/mol. The summed E-state index contributed by atoms with van der Waals surface area (Å²) in [6, 6.07) is 0. The zero-order chi connectivity index (χ0) is 16.0. The maximum Gasteiger partial charge on any atom is 0.410 e.